The summed E-state index contributed by atoms with van der Waals surface area (Å²) in [4.78, 5) is 4.88. The summed E-state index contributed by atoms with van der Waals surface area (Å²) in [6.45, 7) is 2.09. The molecule has 30 heavy (non-hydrogen) atoms. The van der Waals surface area contributed by atoms with Crippen molar-refractivity contribution in [3.63, 3.8) is 0 Å². The van der Waals surface area contributed by atoms with E-state index in [0.29, 0.717) is 0 Å². The molecular weight excluding hydrogens is 394 g/mol. The quantitative estimate of drug-likeness (QED) is 0.397. The van der Waals surface area contributed by atoms with Crippen molar-refractivity contribution in [1.29, 1.82) is 0 Å². The second-order valence-electron chi connectivity index (χ2n) is 7.24. The number of anilines is 1. The van der Waals surface area contributed by atoms with Gasteiger partial charge in [-0.05, 0) is 48.9 Å². The highest BCUT2D eigenvalue weighted by molar-refractivity contribution is 7.14. The zero-order valence-corrected chi connectivity index (χ0v) is 17.6. The third-order valence-electron chi connectivity index (χ3n) is 5.24. The maximum Gasteiger partial charge on any atom is 0.207 e. The number of hydrogen-bond acceptors (Lipinski definition) is 6. The second-order valence-corrected chi connectivity index (χ2v) is 8.07. The lowest BCUT2D eigenvalue weighted by atomic mass is 10.0. The van der Waals surface area contributed by atoms with E-state index in [1.807, 2.05) is 41.4 Å². The molecule has 0 saturated heterocycles. The molecule has 150 valence electrons. The Morgan fingerprint density at radius 3 is 2.50 bits per heavy atom. The first-order chi connectivity index (χ1) is 14.7. The number of hydrogen-bond donors (Lipinski definition) is 0. The first-order valence-corrected chi connectivity index (χ1v) is 10.7. The summed E-state index contributed by atoms with van der Waals surface area (Å²) < 4.78 is 11.0. The number of aromatic nitrogens is 1. The fraction of sp³-hybridized carbons (Fsp3) is 0.167. The number of ether oxygens (including phenoxy) is 1. The smallest absolute Gasteiger partial charge is 0.207 e. The first-order valence-electron chi connectivity index (χ1n) is 9.78. The van der Waals surface area contributed by atoms with Gasteiger partial charge in [-0.2, -0.15) is 5.10 Å². The van der Waals surface area contributed by atoms with E-state index in [-0.39, 0.29) is 6.04 Å². The molecule has 0 fully saturated rings. The molecule has 2 aromatic carbocycles. The van der Waals surface area contributed by atoms with Gasteiger partial charge in [-0.1, -0.05) is 29.8 Å². The van der Waals surface area contributed by atoms with E-state index in [1.54, 1.807) is 24.7 Å². The molecule has 0 saturated carbocycles. The Bertz CT molecular complexity index is 1160. The van der Waals surface area contributed by atoms with Crippen LogP contribution in [0.1, 0.15) is 29.3 Å². The standard InChI is InChI=1S/C24H21N3O2S/c1-16-5-7-18(8-6-16)21-15-30-24(25-21)27-22(23-4-3-13-29-23)14-20(26-27)17-9-11-19(28-2)12-10-17/h3-13,15,22H,14H2,1-2H3/t22-/m1/s1. The van der Waals surface area contributed by atoms with Crippen molar-refractivity contribution < 1.29 is 9.15 Å². The van der Waals surface area contributed by atoms with Gasteiger partial charge in [0.15, 0.2) is 0 Å². The Morgan fingerprint density at radius 2 is 1.80 bits per heavy atom. The lowest BCUT2D eigenvalue weighted by Gasteiger charge is -2.18. The number of thiazole rings is 1. The molecule has 1 atom stereocenters. The van der Waals surface area contributed by atoms with Gasteiger partial charge in [0.25, 0.3) is 0 Å². The average molecular weight is 416 g/mol. The van der Waals surface area contributed by atoms with Crippen molar-refractivity contribution in [2.75, 3.05) is 12.1 Å². The van der Waals surface area contributed by atoms with Crippen LogP contribution in [0.3, 0.4) is 0 Å². The van der Waals surface area contributed by atoms with Crippen molar-refractivity contribution in [3.05, 3.63) is 89.2 Å². The number of hydrazone groups is 1. The highest BCUT2D eigenvalue weighted by atomic mass is 32.1. The maximum atomic E-state index is 5.74. The predicted molar refractivity (Wildman–Crippen MR) is 120 cm³/mol. The molecule has 1 aliphatic heterocycles. The zero-order chi connectivity index (χ0) is 20.5. The van der Waals surface area contributed by atoms with Crippen LogP contribution in [0.25, 0.3) is 11.3 Å². The van der Waals surface area contributed by atoms with Crippen LogP contribution in [0.5, 0.6) is 5.75 Å². The van der Waals surface area contributed by atoms with Crippen LogP contribution in [-0.2, 0) is 0 Å². The molecule has 0 N–H and O–H groups in total. The molecule has 0 radical (unpaired) electrons. The van der Waals surface area contributed by atoms with Crippen molar-refractivity contribution in [2.45, 2.75) is 19.4 Å². The summed E-state index contributed by atoms with van der Waals surface area (Å²) in [5, 5.41) is 9.87. The van der Waals surface area contributed by atoms with Crippen LogP contribution in [0.4, 0.5) is 5.13 Å². The number of methoxy groups -OCH3 is 1. The minimum Gasteiger partial charge on any atom is -0.497 e. The van der Waals surface area contributed by atoms with Crippen molar-refractivity contribution >= 4 is 22.2 Å². The van der Waals surface area contributed by atoms with Crippen LogP contribution in [-0.4, -0.2) is 17.8 Å². The Balaban J connectivity index is 1.50. The number of rotatable bonds is 5. The van der Waals surface area contributed by atoms with E-state index in [0.717, 1.165) is 45.6 Å². The van der Waals surface area contributed by atoms with E-state index < -0.39 is 0 Å². The second kappa shape index (κ2) is 7.80. The van der Waals surface area contributed by atoms with E-state index in [2.05, 4.69) is 36.6 Å². The number of aryl methyl sites for hydroxylation is 1. The molecule has 0 spiro atoms. The first kappa shape index (κ1) is 18.6. The molecule has 4 aromatic rings. The number of furan rings is 1. The van der Waals surface area contributed by atoms with Gasteiger partial charge in [0.05, 0.1) is 24.8 Å². The fourth-order valence-electron chi connectivity index (χ4n) is 3.57. The number of benzene rings is 2. The van der Waals surface area contributed by atoms with Gasteiger partial charge in [-0.25, -0.2) is 9.99 Å². The largest absolute Gasteiger partial charge is 0.497 e. The third-order valence-corrected chi connectivity index (χ3v) is 6.07. The van der Waals surface area contributed by atoms with Crippen molar-refractivity contribution in [2.24, 2.45) is 5.10 Å². The highest BCUT2D eigenvalue weighted by Gasteiger charge is 2.33. The van der Waals surface area contributed by atoms with Crippen LogP contribution >= 0.6 is 11.3 Å². The summed E-state index contributed by atoms with van der Waals surface area (Å²) in [6, 6.07) is 20.3. The Labute approximate surface area is 179 Å². The summed E-state index contributed by atoms with van der Waals surface area (Å²) in [6.07, 6.45) is 2.46. The minimum absolute atomic E-state index is 0.0193. The monoisotopic (exact) mass is 415 g/mol. The third kappa shape index (κ3) is 3.50. The average Bonchev–Trinajstić information content (AvgIpc) is 3.54. The Hall–Kier alpha value is -3.38. The molecule has 0 amide bonds. The summed E-state index contributed by atoms with van der Waals surface area (Å²) in [5.41, 5.74) is 5.38. The van der Waals surface area contributed by atoms with Gasteiger partial charge in [0, 0.05) is 17.4 Å². The Morgan fingerprint density at radius 1 is 1.03 bits per heavy atom. The van der Waals surface area contributed by atoms with E-state index in [1.165, 1.54) is 5.56 Å². The molecular formula is C24H21N3O2S. The molecule has 0 bridgehead atoms. The van der Waals surface area contributed by atoms with Gasteiger partial charge in [-0.15, -0.1) is 11.3 Å². The fourth-order valence-corrected chi connectivity index (χ4v) is 4.41. The number of nitrogens with zero attached hydrogens (tertiary/aromatic N) is 3. The maximum absolute atomic E-state index is 5.74. The van der Waals surface area contributed by atoms with Crippen molar-refractivity contribution in [1.82, 2.24) is 4.98 Å². The molecule has 0 aliphatic carbocycles. The van der Waals surface area contributed by atoms with Crippen molar-refractivity contribution in [3.8, 4) is 17.0 Å². The molecule has 5 rings (SSSR count). The van der Waals surface area contributed by atoms with Gasteiger partial charge in [0.2, 0.25) is 5.13 Å². The summed E-state index contributed by atoms with van der Waals surface area (Å²) >= 11 is 1.60. The zero-order valence-electron chi connectivity index (χ0n) is 16.8. The van der Waals surface area contributed by atoms with Gasteiger partial charge in [0.1, 0.15) is 17.6 Å². The molecule has 2 aromatic heterocycles. The molecule has 6 heteroatoms. The SMILES string of the molecule is COc1ccc(C2=NN(c3nc(-c4ccc(C)cc4)cs3)[C@@H](c3ccco3)C2)cc1. The van der Waals surface area contributed by atoms with Crippen LogP contribution in [0.2, 0.25) is 0 Å². The van der Waals surface area contributed by atoms with Crippen LogP contribution in [0, 0.1) is 6.92 Å². The van der Waals surface area contributed by atoms with Gasteiger partial charge >= 0.3 is 0 Å². The topological polar surface area (TPSA) is 50.9 Å². The van der Waals surface area contributed by atoms with Gasteiger partial charge in [-0.3, -0.25) is 0 Å². The molecule has 1 aliphatic rings. The highest BCUT2D eigenvalue weighted by Crippen LogP contribution is 2.39. The molecule has 5 nitrogen and oxygen atoms in total. The van der Waals surface area contributed by atoms with E-state index in [9.17, 15) is 0 Å². The van der Waals surface area contributed by atoms with Crippen LogP contribution in [0.15, 0.2) is 81.8 Å². The van der Waals surface area contributed by atoms with Crippen LogP contribution < -0.4 is 9.75 Å². The lowest BCUT2D eigenvalue weighted by molar-refractivity contribution is 0.415. The van der Waals surface area contributed by atoms with Gasteiger partial charge < -0.3 is 9.15 Å². The normalized spacial score (nSPS) is 16.0. The molecule has 0 unspecified atom stereocenters. The predicted octanol–water partition coefficient (Wildman–Crippen LogP) is 6.08. The van der Waals surface area contributed by atoms with E-state index in [4.69, 9.17) is 19.2 Å². The summed E-state index contributed by atoms with van der Waals surface area (Å²) in [7, 11) is 1.67. The lowest BCUT2D eigenvalue weighted by Crippen LogP contribution is -2.17. The molecule has 3 heterocycles. The minimum atomic E-state index is -0.0193. The Kier molecular flexibility index (Phi) is 4.85. The van der Waals surface area contributed by atoms with E-state index >= 15 is 0 Å². The summed E-state index contributed by atoms with van der Waals surface area (Å²) in [5.74, 6) is 1.72.